The molecule has 2 aromatic heterocycles. The van der Waals surface area contributed by atoms with Crippen LogP contribution in [0.4, 0.5) is 5.95 Å². The van der Waals surface area contributed by atoms with Crippen LogP contribution in [-0.2, 0) is 6.54 Å². The van der Waals surface area contributed by atoms with Crippen molar-refractivity contribution in [1.29, 1.82) is 5.26 Å². The lowest BCUT2D eigenvalue weighted by molar-refractivity contribution is 0.613. The van der Waals surface area contributed by atoms with Crippen molar-refractivity contribution in [3.63, 3.8) is 0 Å². The number of aryl methyl sites for hydroxylation is 1. The molecule has 1 aliphatic carbocycles. The number of hydrogen-bond acceptors (Lipinski definition) is 5. The summed E-state index contributed by atoms with van der Waals surface area (Å²) >= 11 is 0. The molecule has 1 fully saturated rings. The van der Waals surface area contributed by atoms with Crippen molar-refractivity contribution in [3.05, 3.63) is 48.0 Å². The highest BCUT2D eigenvalue weighted by molar-refractivity contribution is 5.76. The molecule has 0 aliphatic heterocycles. The molecule has 3 aromatic rings. The second kappa shape index (κ2) is 8.39. The Labute approximate surface area is 165 Å². The van der Waals surface area contributed by atoms with Gasteiger partial charge < -0.3 is 9.88 Å². The van der Waals surface area contributed by atoms with Crippen LogP contribution in [0.5, 0.6) is 0 Å². The molecule has 144 valence electrons. The molecule has 1 aliphatic rings. The molecule has 6 nitrogen and oxygen atoms in total. The minimum atomic E-state index is -0.523. The number of aromatic nitrogens is 4. The number of nitrogens with one attached hydrogen (secondary N) is 1. The lowest BCUT2D eigenvalue weighted by atomic mass is 10.1. The van der Waals surface area contributed by atoms with E-state index in [2.05, 4.69) is 27.9 Å². The van der Waals surface area contributed by atoms with Gasteiger partial charge in [-0.15, -0.1) is 0 Å². The van der Waals surface area contributed by atoms with Gasteiger partial charge in [-0.3, -0.25) is 0 Å². The molecule has 0 amide bonds. The number of rotatable bonds is 5. The van der Waals surface area contributed by atoms with Crippen LogP contribution in [0.3, 0.4) is 0 Å². The maximum atomic E-state index is 9.94. The van der Waals surface area contributed by atoms with E-state index in [1.807, 2.05) is 30.3 Å². The largest absolute Gasteiger partial charge is 0.351 e. The van der Waals surface area contributed by atoms with Gasteiger partial charge in [-0.2, -0.15) is 5.26 Å². The van der Waals surface area contributed by atoms with Gasteiger partial charge in [0, 0.05) is 18.8 Å². The molecular formula is C22H26N6. The lowest BCUT2D eigenvalue weighted by Gasteiger charge is -2.17. The Bertz CT molecular complexity index is 978. The van der Waals surface area contributed by atoms with Crippen LogP contribution in [0, 0.1) is 11.3 Å². The smallest absolute Gasteiger partial charge is 0.223 e. The highest BCUT2D eigenvalue weighted by Gasteiger charge is 2.23. The molecule has 0 saturated heterocycles. The molecule has 1 saturated carbocycles. The van der Waals surface area contributed by atoms with E-state index in [-0.39, 0.29) is 0 Å². The number of hydrogen-bond donors (Lipinski definition) is 1. The monoisotopic (exact) mass is 374 g/mol. The summed E-state index contributed by atoms with van der Waals surface area (Å²) < 4.78 is 2.10. The van der Waals surface area contributed by atoms with Crippen LogP contribution < -0.4 is 5.32 Å². The zero-order valence-electron chi connectivity index (χ0n) is 16.3. The molecule has 1 atom stereocenters. The molecule has 28 heavy (non-hydrogen) atoms. The third-order valence-electron chi connectivity index (χ3n) is 5.55. The maximum Gasteiger partial charge on any atom is 0.223 e. The Balaban J connectivity index is 1.65. The van der Waals surface area contributed by atoms with E-state index in [1.165, 1.54) is 25.7 Å². The van der Waals surface area contributed by atoms with Crippen LogP contribution >= 0.6 is 0 Å². The van der Waals surface area contributed by atoms with E-state index in [0.717, 1.165) is 36.2 Å². The number of benzene rings is 1. The molecule has 0 bridgehead atoms. The van der Waals surface area contributed by atoms with Crippen molar-refractivity contribution in [2.75, 3.05) is 5.32 Å². The van der Waals surface area contributed by atoms with Crippen LogP contribution in [0.2, 0.25) is 0 Å². The Hall–Kier alpha value is -2.94. The molecule has 0 spiro atoms. The molecule has 1 aromatic carbocycles. The first kappa shape index (κ1) is 18.4. The molecule has 4 rings (SSSR count). The number of fused-ring (bicyclic) bond motifs is 1. The molecule has 0 radical (unpaired) electrons. The van der Waals surface area contributed by atoms with Gasteiger partial charge in [-0.1, -0.05) is 37.8 Å². The normalized spacial score (nSPS) is 16.4. The van der Waals surface area contributed by atoms with Crippen LogP contribution in [0.1, 0.15) is 62.9 Å². The van der Waals surface area contributed by atoms with E-state index in [9.17, 15) is 5.26 Å². The third-order valence-corrected chi connectivity index (χ3v) is 5.55. The SMILES string of the molecule is CCn1c(C(C#N)c2ccnc(NC3CCCCCC3)n2)nc2ccccc21. The fourth-order valence-electron chi connectivity index (χ4n) is 4.11. The topological polar surface area (TPSA) is 79.4 Å². The fraction of sp³-hybridized carbons (Fsp3) is 0.455. The van der Waals surface area contributed by atoms with Gasteiger partial charge in [0.25, 0.3) is 0 Å². The van der Waals surface area contributed by atoms with Crippen molar-refractivity contribution >= 4 is 17.0 Å². The second-order valence-corrected chi connectivity index (χ2v) is 7.40. The summed E-state index contributed by atoms with van der Waals surface area (Å²) in [5.41, 5.74) is 2.65. The van der Waals surface area contributed by atoms with Gasteiger partial charge in [0.1, 0.15) is 11.7 Å². The average Bonchev–Trinajstić information content (AvgIpc) is 2.89. The fourth-order valence-corrected chi connectivity index (χ4v) is 4.11. The minimum Gasteiger partial charge on any atom is -0.351 e. The van der Waals surface area contributed by atoms with Crippen molar-refractivity contribution in [2.45, 2.75) is 64.0 Å². The van der Waals surface area contributed by atoms with Crippen molar-refractivity contribution in [1.82, 2.24) is 19.5 Å². The van der Waals surface area contributed by atoms with Gasteiger partial charge in [0.15, 0.2) is 0 Å². The highest BCUT2D eigenvalue weighted by atomic mass is 15.1. The summed E-state index contributed by atoms with van der Waals surface area (Å²) in [6, 6.07) is 12.7. The first-order valence-corrected chi connectivity index (χ1v) is 10.2. The number of imidazole rings is 1. The summed E-state index contributed by atoms with van der Waals surface area (Å²) in [6.07, 6.45) is 9.16. The first-order chi connectivity index (χ1) is 13.8. The zero-order valence-corrected chi connectivity index (χ0v) is 16.3. The summed E-state index contributed by atoms with van der Waals surface area (Å²) in [4.78, 5) is 13.8. The van der Waals surface area contributed by atoms with Gasteiger partial charge in [-0.25, -0.2) is 15.0 Å². The number of para-hydroxylation sites is 2. The van der Waals surface area contributed by atoms with E-state index in [1.54, 1.807) is 6.20 Å². The van der Waals surface area contributed by atoms with Crippen LogP contribution in [0.15, 0.2) is 36.5 Å². The van der Waals surface area contributed by atoms with E-state index in [4.69, 9.17) is 9.97 Å². The number of nitriles is 1. The summed E-state index contributed by atoms with van der Waals surface area (Å²) in [5.74, 6) is 0.833. The quantitative estimate of drug-likeness (QED) is 0.658. The third kappa shape index (κ3) is 3.70. The Morgan fingerprint density at radius 3 is 2.68 bits per heavy atom. The van der Waals surface area contributed by atoms with Crippen LogP contribution in [0.25, 0.3) is 11.0 Å². The molecule has 6 heteroatoms. The zero-order chi connectivity index (χ0) is 19.3. The summed E-state index contributed by atoms with van der Waals surface area (Å²) in [5, 5.41) is 13.4. The van der Waals surface area contributed by atoms with Crippen molar-refractivity contribution in [3.8, 4) is 6.07 Å². The van der Waals surface area contributed by atoms with Gasteiger partial charge in [-0.05, 0) is 38.0 Å². The Morgan fingerprint density at radius 1 is 1.14 bits per heavy atom. The summed E-state index contributed by atoms with van der Waals surface area (Å²) in [6.45, 7) is 2.83. The predicted molar refractivity (Wildman–Crippen MR) is 110 cm³/mol. The van der Waals surface area contributed by atoms with E-state index in [0.29, 0.717) is 17.7 Å². The van der Waals surface area contributed by atoms with Crippen molar-refractivity contribution in [2.24, 2.45) is 0 Å². The maximum absolute atomic E-state index is 9.94. The molecule has 2 heterocycles. The highest BCUT2D eigenvalue weighted by Crippen LogP contribution is 2.27. The first-order valence-electron chi connectivity index (χ1n) is 10.2. The standard InChI is InChI=1S/C22H26N6/c1-2-28-20-12-8-7-11-19(20)26-21(28)17(15-23)18-13-14-24-22(27-18)25-16-9-5-3-4-6-10-16/h7-8,11-14,16-17H,2-6,9-10H2,1H3,(H,24,25,27). The second-order valence-electron chi connectivity index (χ2n) is 7.40. The Morgan fingerprint density at radius 2 is 1.93 bits per heavy atom. The Kier molecular flexibility index (Phi) is 5.52. The molecule has 1 unspecified atom stereocenters. The predicted octanol–water partition coefficient (Wildman–Crippen LogP) is 4.64. The van der Waals surface area contributed by atoms with E-state index < -0.39 is 5.92 Å². The molecular weight excluding hydrogens is 348 g/mol. The average molecular weight is 374 g/mol. The number of anilines is 1. The van der Waals surface area contributed by atoms with E-state index >= 15 is 0 Å². The minimum absolute atomic E-state index is 0.415. The number of nitrogens with zero attached hydrogens (tertiary/aromatic N) is 5. The summed E-state index contributed by atoms with van der Waals surface area (Å²) in [7, 11) is 0. The van der Waals surface area contributed by atoms with Gasteiger partial charge in [0.05, 0.1) is 22.8 Å². The van der Waals surface area contributed by atoms with Gasteiger partial charge in [0.2, 0.25) is 5.95 Å². The lowest BCUT2D eigenvalue weighted by Crippen LogP contribution is -2.20. The molecule has 1 N–H and O–H groups in total. The van der Waals surface area contributed by atoms with Crippen molar-refractivity contribution < 1.29 is 0 Å². The van der Waals surface area contributed by atoms with Gasteiger partial charge >= 0.3 is 0 Å². The van der Waals surface area contributed by atoms with Crippen LogP contribution in [-0.4, -0.2) is 25.6 Å².